The smallest absolute Gasteiger partial charge is 0.223 e. The molecule has 1 heterocycles. The summed E-state index contributed by atoms with van der Waals surface area (Å²) in [4.78, 5) is 12.3. The fourth-order valence-electron chi connectivity index (χ4n) is 3.25. The number of hydrogen-bond acceptors (Lipinski definition) is 2. The molecule has 1 aliphatic carbocycles. The Labute approximate surface area is 157 Å². The Morgan fingerprint density at radius 1 is 1.15 bits per heavy atom. The molecular formula is C21H20ClN3O. The van der Waals surface area contributed by atoms with Crippen LogP contribution in [0.5, 0.6) is 0 Å². The fourth-order valence-corrected chi connectivity index (χ4v) is 3.45. The Balaban J connectivity index is 1.27. The van der Waals surface area contributed by atoms with Crippen molar-refractivity contribution >= 4 is 17.5 Å². The van der Waals surface area contributed by atoms with Gasteiger partial charge in [-0.1, -0.05) is 41.9 Å². The van der Waals surface area contributed by atoms with Gasteiger partial charge in [-0.2, -0.15) is 5.10 Å². The first-order chi connectivity index (χ1) is 12.7. The lowest BCUT2D eigenvalue weighted by Gasteiger charge is -2.04. The Bertz CT molecular complexity index is 906. The van der Waals surface area contributed by atoms with Gasteiger partial charge in [0.1, 0.15) is 0 Å². The van der Waals surface area contributed by atoms with Crippen molar-refractivity contribution in [2.24, 2.45) is 5.92 Å². The minimum atomic E-state index is 0.0651. The summed E-state index contributed by atoms with van der Waals surface area (Å²) < 4.78 is 1.85. The van der Waals surface area contributed by atoms with Crippen molar-refractivity contribution in [2.75, 3.05) is 6.54 Å². The lowest BCUT2D eigenvalue weighted by atomic mass is 10.1. The van der Waals surface area contributed by atoms with Gasteiger partial charge in [0.05, 0.1) is 11.4 Å². The van der Waals surface area contributed by atoms with Crippen LogP contribution in [0.4, 0.5) is 0 Å². The molecule has 2 aromatic carbocycles. The van der Waals surface area contributed by atoms with Crippen LogP contribution in [0.15, 0.2) is 66.9 Å². The number of amides is 1. The average molecular weight is 366 g/mol. The van der Waals surface area contributed by atoms with Gasteiger partial charge in [-0.15, -0.1) is 0 Å². The van der Waals surface area contributed by atoms with Crippen molar-refractivity contribution < 1.29 is 4.79 Å². The van der Waals surface area contributed by atoms with Gasteiger partial charge in [0, 0.05) is 30.1 Å². The zero-order valence-corrected chi connectivity index (χ0v) is 15.1. The van der Waals surface area contributed by atoms with Gasteiger partial charge < -0.3 is 5.32 Å². The van der Waals surface area contributed by atoms with E-state index >= 15 is 0 Å². The summed E-state index contributed by atoms with van der Waals surface area (Å²) >= 11 is 6.03. The van der Waals surface area contributed by atoms with Crippen LogP contribution in [0.1, 0.15) is 23.6 Å². The van der Waals surface area contributed by atoms with Crippen LogP contribution in [0.2, 0.25) is 5.02 Å². The van der Waals surface area contributed by atoms with Gasteiger partial charge in [-0.25, -0.2) is 4.68 Å². The molecule has 1 amide bonds. The second-order valence-corrected chi connectivity index (χ2v) is 7.07. The lowest BCUT2D eigenvalue weighted by molar-refractivity contribution is -0.122. The number of hydrogen-bond donors (Lipinski definition) is 1. The predicted octanol–water partition coefficient (Wildman–Crippen LogP) is 3.99. The molecule has 1 fully saturated rings. The second-order valence-electron chi connectivity index (χ2n) is 6.63. The molecule has 0 aliphatic heterocycles. The number of benzene rings is 2. The molecule has 1 aliphatic rings. The molecule has 3 aromatic rings. The molecule has 0 radical (unpaired) electrons. The first-order valence-electron chi connectivity index (χ1n) is 8.84. The number of nitrogens with zero attached hydrogens (tertiary/aromatic N) is 2. The fraction of sp³-hybridized carbons (Fsp3) is 0.238. The van der Waals surface area contributed by atoms with Crippen LogP contribution in [0.3, 0.4) is 0 Å². The van der Waals surface area contributed by atoms with Gasteiger partial charge in [-0.05, 0) is 48.2 Å². The number of carbonyl (C=O) groups is 1. The van der Waals surface area contributed by atoms with Crippen molar-refractivity contribution in [1.29, 1.82) is 0 Å². The Kier molecular flexibility index (Phi) is 4.76. The predicted molar refractivity (Wildman–Crippen MR) is 103 cm³/mol. The molecular weight excluding hydrogens is 346 g/mol. The standard InChI is InChI=1S/C21H20ClN3O/c22-16-6-4-5-15(13-16)19-14-20(19)21(26)23-11-9-17-10-12-25(24-17)18-7-2-1-3-8-18/h1-8,10,12-13,19-20H,9,11,14H2,(H,23,26). The van der Waals surface area contributed by atoms with E-state index in [-0.39, 0.29) is 11.8 Å². The third-order valence-corrected chi connectivity index (χ3v) is 4.98. The first-order valence-corrected chi connectivity index (χ1v) is 9.21. The highest BCUT2D eigenvalue weighted by atomic mass is 35.5. The highest BCUT2D eigenvalue weighted by Crippen LogP contribution is 2.47. The molecule has 5 heteroatoms. The van der Waals surface area contributed by atoms with Crippen LogP contribution in [0.25, 0.3) is 5.69 Å². The third kappa shape index (κ3) is 3.81. The monoisotopic (exact) mass is 365 g/mol. The number of rotatable bonds is 6. The van der Waals surface area contributed by atoms with Crippen LogP contribution in [0, 0.1) is 5.92 Å². The van der Waals surface area contributed by atoms with Gasteiger partial charge >= 0.3 is 0 Å². The number of aromatic nitrogens is 2. The minimum absolute atomic E-state index is 0.0651. The van der Waals surface area contributed by atoms with E-state index in [9.17, 15) is 4.79 Å². The van der Waals surface area contributed by atoms with Crippen LogP contribution in [-0.2, 0) is 11.2 Å². The van der Waals surface area contributed by atoms with Crippen molar-refractivity contribution in [3.05, 3.63) is 83.1 Å². The Morgan fingerprint density at radius 2 is 2.00 bits per heavy atom. The molecule has 4 nitrogen and oxygen atoms in total. The highest BCUT2D eigenvalue weighted by molar-refractivity contribution is 6.30. The molecule has 0 saturated heterocycles. The summed E-state index contributed by atoms with van der Waals surface area (Å²) in [6, 6.07) is 19.8. The van der Waals surface area contributed by atoms with E-state index in [0.717, 1.165) is 34.8 Å². The Morgan fingerprint density at radius 3 is 2.81 bits per heavy atom. The number of halogens is 1. The van der Waals surface area contributed by atoms with E-state index in [0.29, 0.717) is 12.5 Å². The largest absolute Gasteiger partial charge is 0.355 e. The summed E-state index contributed by atoms with van der Waals surface area (Å²) in [7, 11) is 0. The highest BCUT2D eigenvalue weighted by Gasteiger charge is 2.43. The first kappa shape index (κ1) is 16.9. The molecule has 0 bridgehead atoms. The summed E-state index contributed by atoms with van der Waals surface area (Å²) in [5, 5.41) is 8.32. The normalized spacial score (nSPS) is 18.5. The van der Waals surface area contributed by atoms with Crippen molar-refractivity contribution in [3.63, 3.8) is 0 Å². The van der Waals surface area contributed by atoms with Crippen molar-refractivity contribution in [1.82, 2.24) is 15.1 Å². The zero-order chi connectivity index (χ0) is 17.9. The number of nitrogens with one attached hydrogen (secondary N) is 1. The molecule has 2 unspecified atom stereocenters. The van der Waals surface area contributed by atoms with Crippen LogP contribution < -0.4 is 5.32 Å². The molecule has 1 aromatic heterocycles. The lowest BCUT2D eigenvalue weighted by Crippen LogP contribution is -2.27. The topological polar surface area (TPSA) is 46.9 Å². The van der Waals surface area contributed by atoms with Gasteiger partial charge in [-0.3, -0.25) is 4.79 Å². The summed E-state index contributed by atoms with van der Waals surface area (Å²) in [5.41, 5.74) is 3.15. The van der Waals surface area contributed by atoms with Gasteiger partial charge in [0.25, 0.3) is 0 Å². The van der Waals surface area contributed by atoms with E-state index < -0.39 is 0 Å². The molecule has 1 N–H and O–H groups in total. The molecule has 0 spiro atoms. The van der Waals surface area contributed by atoms with E-state index in [1.807, 2.05) is 71.5 Å². The van der Waals surface area contributed by atoms with E-state index in [1.54, 1.807) is 0 Å². The SMILES string of the molecule is O=C(NCCc1ccn(-c2ccccc2)n1)C1CC1c1cccc(Cl)c1. The van der Waals surface area contributed by atoms with Gasteiger partial charge in [0.15, 0.2) is 0 Å². The minimum Gasteiger partial charge on any atom is -0.355 e. The molecule has 1 saturated carbocycles. The molecule has 4 rings (SSSR count). The maximum atomic E-state index is 12.3. The zero-order valence-electron chi connectivity index (χ0n) is 14.3. The summed E-state index contributed by atoms with van der Waals surface area (Å²) in [6.45, 7) is 0.601. The number of para-hydroxylation sites is 1. The van der Waals surface area contributed by atoms with E-state index in [2.05, 4.69) is 10.4 Å². The number of carbonyl (C=O) groups excluding carboxylic acids is 1. The molecule has 2 atom stereocenters. The quantitative estimate of drug-likeness (QED) is 0.718. The van der Waals surface area contributed by atoms with Crippen LogP contribution in [-0.4, -0.2) is 22.2 Å². The maximum absolute atomic E-state index is 12.3. The summed E-state index contributed by atoms with van der Waals surface area (Å²) in [6.07, 6.45) is 3.57. The summed E-state index contributed by atoms with van der Waals surface area (Å²) in [5.74, 6) is 0.485. The van der Waals surface area contributed by atoms with E-state index in [4.69, 9.17) is 11.6 Å². The van der Waals surface area contributed by atoms with Crippen molar-refractivity contribution in [2.45, 2.75) is 18.8 Å². The maximum Gasteiger partial charge on any atom is 0.223 e. The second kappa shape index (κ2) is 7.34. The Hall–Kier alpha value is -2.59. The molecule has 132 valence electrons. The van der Waals surface area contributed by atoms with Gasteiger partial charge in [0.2, 0.25) is 5.91 Å². The average Bonchev–Trinajstić information content (AvgIpc) is 3.34. The molecule has 26 heavy (non-hydrogen) atoms. The third-order valence-electron chi connectivity index (χ3n) is 4.75. The van der Waals surface area contributed by atoms with Crippen LogP contribution >= 0.6 is 11.6 Å². The van der Waals surface area contributed by atoms with E-state index in [1.165, 1.54) is 0 Å². The van der Waals surface area contributed by atoms with Crippen molar-refractivity contribution in [3.8, 4) is 5.69 Å².